The number of nitrogens with two attached hydrogens (primary N) is 1. The Kier molecular flexibility index (Phi) is 6.45. The van der Waals surface area contributed by atoms with Crippen LogP contribution in [0.15, 0.2) is 42.5 Å². The van der Waals surface area contributed by atoms with E-state index in [4.69, 9.17) is 10.5 Å². The predicted octanol–water partition coefficient (Wildman–Crippen LogP) is 3.98. The zero-order chi connectivity index (χ0) is 22.9. The molecule has 2 aliphatic rings. The van der Waals surface area contributed by atoms with Crippen LogP contribution in [0.4, 0.5) is 10.5 Å². The van der Waals surface area contributed by atoms with Crippen molar-refractivity contribution >= 4 is 11.7 Å². The van der Waals surface area contributed by atoms with Crippen molar-refractivity contribution in [1.82, 2.24) is 9.80 Å². The van der Waals surface area contributed by atoms with Crippen LogP contribution < -0.4 is 15.8 Å². The van der Waals surface area contributed by atoms with Crippen LogP contribution in [0.5, 0.6) is 5.75 Å². The number of methoxy groups -OCH3 is 1. The molecule has 2 bridgehead atoms. The van der Waals surface area contributed by atoms with E-state index in [2.05, 4.69) is 42.4 Å². The molecule has 0 spiro atoms. The molecule has 4 rings (SSSR count). The molecule has 1 aliphatic carbocycles. The van der Waals surface area contributed by atoms with Gasteiger partial charge < -0.3 is 25.6 Å². The Balaban J connectivity index is 1.70. The molecule has 0 radical (unpaired) electrons. The number of hydrogen-bond donors (Lipinski definition) is 2. The van der Waals surface area contributed by atoms with Crippen LogP contribution in [0.2, 0.25) is 0 Å². The first kappa shape index (κ1) is 22.6. The lowest BCUT2D eigenvalue weighted by atomic mass is 9.58. The van der Waals surface area contributed by atoms with Gasteiger partial charge in [-0.05, 0) is 73.8 Å². The molecule has 172 valence electrons. The van der Waals surface area contributed by atoms with Gasteiger partial charge in [-0.15, -0.1) is 0 Å². The van der Waals surface area contributed by atoms with E-state index in [0.29, 0.717) is 6.54 Å². The van der Waals surface area contributed by atoms with Gasteiger partial charge in [0.25, 0.3) is 0 Å². The molecule has 2 aromatic carbocycles. The highest BCUT2D eigenvalue weighted by Crippen LogP contribution is 2.50. The molecule has 0 aromatic heterocycles. The van der Waals surface area contributed by atoms with Gasteiger partial charge in [-0.1, -0.05) is 31.5 Å². The Bertz CT molecular complexity index is 961. The van der Waals surface area contributed by atoms with Crippen LogP contribution in [0.25, 0.3) is 0 Å². The zero-order valence-electron chi connectivity index (χ0n) is 19.7. The van der Waals surface area contributed by atoms with Crippen LogP contribution in [0.3, 0.4) is 0 Å². The number of ether oxygens (including phenoxy) is 1. The van der Waals surface area contributed by atoms with Crippen LogP contribution in [0.1, 0.15) is 42.9 Å². The number of amides is 2. The van der Waals surface area contributed by atoms with Crippen LogP contribution in [0, 0.1) is 0 Å². The number of likely N-dealkylation sites (N-methyl/N-ethyl adjacent to an activating group) is 2. The maximum Gasteiger partial charge on any atom is 0.321 e. The second kappa shape index (κ2) is 9.12. The van der Waals surface area contributed by atoms with Gasteiger partial charge in [-0.3, -0.25) is 0 Å². The molecule has 1 saturated heterocycles. The number of likely N-dealkylation sites (tertiary alicyclic amines) is 1. The lowest BCUT2D eigenvalue weighted by molar-refractivity contribution is 0.00872. The number of benzene rings is 2. The molecular formula is C26H36N4O2. The van der Waals surface area contributed by atoms with E-state index in [9.17, 15) is 4.79 Å². The summed E-state index contributed by atoms with van der Waals surface area (Å²) < 4.78 is 5.59. The topological polar surface area (TPSA) is 70.8 Å². The number of nitrogens with one attached hydrogen (secondary N) is 1. The summed E-state index contributed by atoms with van der Waals surface area (Å²) in [6.07, 6.45) is 4.08. The second-order valence-corrected chi connectivity index (χ2v) is 9.32. The summed E-state index contributed by atoms with van der Waals surface area (Å²) in [5, 5.41) is 3.10. The number of urea groups is 1. The monoisotopic (exact) mass is 436 g/mol. The summed E-state index contributed by atoms with van der Waals surface area (Å²) in [7, 11) is 5.87. The van der Waals surface area contributed by atoms with Crippen LogP contribution in [-0.2, 0) is 18.4 Å². The predicted molar refractivity (Wildman–Crippen MR) is 129 cm³/mol. The third-order valence-corrected chi connectivity index (χ3v) is 7.56. The second-order valence-electron chi connectivity index (χ2n) is 9.32. The van der Waals surface area contributed by atoms with E-state index in [-0.39, 0.29) is 23.5 Å². The molecule has 6 heteroatoms. The highest BCUT2D eigenvalue weighted by atomic mass is 16.5. The van der Waals surface area contributed by atoms with Gasteiger partial charge in [0.2, 0.25) is 0 Å². The molecular weight excluding hydrogens is 400 g/mol. The van der Waals surface area contributed by atoms with Crippen molar-refractivity contribution in [2.45, 2.75) is 56.7 Å². The molecule has 6 nitrogen and oxygen atoms in total. The fraction of sp³-hybridized carbons (Fsp3) is 0.500. The lowest BCUT2D eigenvalue weighted by Gasteiger charge is -2.58. The molecule has 1 aliphatic heterocycles. The van der Waals surface area contributed by atoms with Crippen molar-refractivity contribution in [2.24, 2.45) is 5.73 Å². The average molecular weight is 437 g/mol. The van der Waals surface area contributed by atoms with Gasteiger partial charge in [0.15, 0.2) is 0 Å². The van der Waals surface area contributed by atoms with Gasteiger partial charge in [0.05, 0.1) is 13.2 Å². The summed E-state index contributed by atoms with van der Waals surface area (Å²) in [5.74, 6) is 0.891. The summed E-state index contributed by atoms with van der Waals surface area (Å²) in [4.78, 5) is 17.8. The number of nitrogens with zero attached hydrogens (tertiary/aromatic N) is 2. The largest absolute Gasteiger partial charge is 0.497 e. The third-order valence-electron chi connectivity index (χ3n) is 7.56. The molecule has 3 atom stereocenters. The molecule has 0 saturated carbocycles. The van der Waals surface area contributed by atoms with Gasteiger partial charge in [-0.2, -0.15) is 0 Å². The SMILES string of the molecule is CCC[C@@]12CCN(C)C(Cc3ccc(OC)cc31)[C@H]2N(C)C(=O)Nc1ccc(CN)cc1. The first-order chi connectivity index (χ1) is 15.4. The highest BCUT2D eigenvalue weighted by molar-refractivity contribution is 5.89. The summed E-state index contributed by atoms with van der Waals surface area (Å²) in [6, 6.07) is 14.6. The Morgan fingerprint density at radius 2 is 2.03 bits per heavy atom. The molecule has 3 N–H and O–H groups in total. The molecule has 32 heavy (non-hydrogen) atoms. The van der Waals surface area contributed by atoms with Crippen molar-refractivity contribution in [3.05, 3.63) is 59.2 Å². The number of hydrogen-bond acceptors (Lipinski definition) is 4. The fourth-order valence-electron chi connectivity index (χ4n) is 5.95. The van der Waals surface area contributed by atoms with E-state index in [1.54, 1.807) is 7.11 Å². The molecule has 1 heterocycles. The molecule has 2 amide bonds. The number of carbonyl (C=O) groups excluding carboxylic acids is 1. The maximum atomic E-state index is 13.4. The van der Waals surface area contributed by atoms with E-state index in [1.807, 2.05) is 36.2 Å². The standard InChI is InChI=1S/C26H36N4O2/c1-5-12-26-13-14-29(2)23(15-19-8-11-21(32-4)16-22(19)26)24(26)30(3)25(31)28-20-9-6-18(17-27)7-10-20/h6-11,16,23-24H,5,12-15,17,27H2,1-4H3,(H,28,31)/t23?,24-,26-/m1/s1. The Labute approximate surface area is 191 Å². The van der Waals surface area contributed by atoms with Crippen molar-refractivity contribution in [1.29, 1.82) is 0 Å². The average Bonchev–Trinajstić information content (AvgIpc) is 2.81. The first-order valence-corrected chi connectivity index (χ1v) is 11.6. The van der Waals surface area contributed by atoms with Crippen molar-refractivity contribution in [2.75, 3.05) is 33.1 Å². The zero-order valence-corrected chi connectivity index (χ0v) is 19.7. The maximum absolute atomic E-state index is 13.4. The summed E-state index contributed by atoms with van der Waals surface area (Å²) >= 11 is 0. The molecule has 1 unspecified atom stereocenters. The molecule has 2 aromatic rings. The van der Waals surface area contributed by atoms with E-state index in [0.717, 1.165) is 49.2 Å². The van der Waals surface area contributed by atoms with Crippen LogP contribution >= 0.6 is 0 Å². The minimum Gasteiger partial charge on any atom is -0.497 e. The Morgan fingerprint density at radius 3 is 2.69 bits per heavy atom. The van der Waals surface area contributed by atoms with E-state index < -0.39 is 0 Å². The smallest absolute Gasteiger partial charge is 0.321 e. The van der Waals surface area contributed by atoms with E-state index >= 15 is 0 Å². The third kappa shape index (κ3) is 3.86. The quantitative estimate of drug-likeness (QED) is 0.718. The minimum atomic E-state index is -0.0798. The van der Waals surface area contributed by atoms with Gasteiger partial charge in [0.1, 0.15) is 5.75 Å². The number of anilines is 1. The normalized spacial score (nSPS) is 24.5. The number of fused-ring (bicyclic) bond motifs is 4. The van der Waals surface area contributed by atoms with Gasteiger partial charge in [-0.25, -0.2) is 4.79 Å². The summed E-state index contributed by atoms with van der Waals surface area (Å²) in [5.41, 5.74) is 10.2. The Hall–Kier alpha value is -2.57. The van der Waals surface area contributed by atoms with Gasteiger partial charge >= 0.3 is 6.03 Å². The minimum absolute atomic E-state index is 0.0670. The Morgan fingerprint density at radius 1 is 1.28 bits per heavy atom. The fourth-order valence-corrected chi connectivity index (χ4v) is 5.95. The van der Waals surface area contributed by atoms with E-state index in [1.165, 1.54) is 11.1 Å². The lowest BCUT2D eigenvalue weighted by Crippen LogP contribution is -2.68. The number of carbonyl (C=O) groups is 1. The number of rotatable bonds is 6. The number of piperidine rings is 1. The van der Waals surface area contributed by atoms with Crippen molar-refractivity contribution in [3.8, 4) is 5.75 Å². The van der Waals surface area contributed by atoms with Crippen molar-refractivity contribution in [3.63, 3.8) is 0 Å². The molecule has 1 fully saturated rings. The van der Waals surface area contributed by atoms with Gasteiger partial charge in [0, 0.05) is 30.7 Å². The van der Waals surface area contributed by atoms with Crippen LogP contribution in [-0.4, -0.2) is 55.7 Å². The van der Waals surface area contributed by atoms with Crippen molar-refractivity contribution < 1.29 is 9.53 Å². The first-order valence-electron chi connectivity index (χ1n) is 11.6. The summed E-state index contributed by atoms with van der Waals surface area (Å²) in [6.45, 7) is 3.77. The highest BCUT2D eigenvalue weighted by Gasteiger charge is 2.54.